The van der Waals surface area contributed by atoms with Crippen LogP contribution in [0.4, 0.5) is 10.1 Å². The Balaban J connectivity index is 1.47. The molecule has 0 atom stereocenters. The van der Waals surface area contributed by atoms with Gasteiger partial charge >= 0.3 is 0 Å². The van der Waals surface area contributed by atoms with E-state index in [1.54, 1.807) is 0 Å². The summed E-state index contributed by atoms with van der Waals surface area (Å²) in [5.41, 5.74) is 2.39. The Kier molecular flexibility index (Phi) is 5.63. The summed E-state index contributed by atoms with van der Waals surface area (Å²) in [5.74, 6) is -0.451. The van der Waals surface area contributed by atoms with E-state index in [2.05, 4.69) is 5.32 Å². The lowest BCUT2D eigenvalue weighted by atomic mass is 10.1. The van der Waals surface area contributed by atoms with Crippen molar-refractivity contribution in [2.24, 2.45) is 0 Å². The third kappa shape index (κ3) is 4.67. The molecule has 0 spiro atoms. The van der Waals surface area contributed by atoms with E-state index < -0.39 is 0 Å². The van der Waals surface area contributed by atoms with Crippen LogP contribution in [0, 0.1) is 12.7 Å². The normalized spacial score (nSPS) is 14.9. The van der Waals surface area contributed by atoms with Gasteiger partial charge in [0.2, 0.25) is 5.91 Å². The van der Waals surface area contributed by atoms with Gasteiger partial charge in [-0.15, -0.1) is 0 Å². The molecule has 0 radical (unpaired) electrons. The fourth-order valence-electron chi connectivity index (χ4n) is 2.92. The Morgan fingerprint density at radius 1 is 0.962 bits per heavy atom. The first-order valence-electron chi connectivity index (χ1n) is 8.65. The Labute approximate surface area is 152 Å². The van der Waals surface area contributed by atoms with Crippen LogP contribution in [0.1, 0.15) is 15.9 Å². The van der Waals surface area contributed by atoms with Crippen LogP contribution in [0.15, 0.2) is 48.5 Å². The highest BCUT2D eigenvalue weighted by Gasteiger charge is 2.23. The number of nitrogens with zero attached hydrogens (tertiary/aromatic N) is 2. The lowest BCUT2D eigenvalue weighted by Crippen LogP contribution is -2.50. The van der Waals surface area contributed by atoms with Crippen molar-refractivity contribution in [2.75, 3.05) is 38.0 Å². The highest BCUT2D eigenvalue weighted by atomic mass is 19.1. The zero-order valence-corrected chi connectivity index (χ0v) is 14.7. The van der Waals surface area contributed by atoms with E-state index in [4.69, 9.17) is 0 Å². The number of carbonyl (C=O) groups excluding carboxylic acids is 2. The van der Waals surface area contributed by atoms with Gasteiger partial charge < -0.3 is 10.2 Å². The molecule has 2 amide bonds. The minimum absolute atomic E-state index is 0.0282. The highest BCUT2D eigenvalue weighted by molar-refractivity contribution is 5.94. The van der Waals surface area contributed by atoms with Gasteiger partial charge in [-0.2, -0.15) is 0 Å². The van der Waals surface area contributed by atoms with E-state index in [0.717, 1.165) is 5.56 Å². The molecule has 6 heteroatoms. The summed E-state index contributed by atoms with van der Waals surface area (Å²) in [7, 11) is 0. The summed E-state index contributed by atoms with van der Waals surface area (Å²) >= 11 is 0. The zero-order chi connectivity index (χ0) is 18.5. The van der Waals surface area contributed by atoms with Crippen LogP contribution in [0.5, 0.6) is 0 Å². The molecule has 136 valence electrons. The Morgan fingerprint density at radius 3 is 2.19 bits per heavy atom. The molecule has 1 aliphatic heterocycles. The van der Waals surface area contributed by atoms with E-state index in [0.29, 0.717) is 37.4 Å². The van der Waals surface area contributed by atoms with Crippen LogP contribution in [-0.4, -0.2) is 54.3 Å². The monoisotopic (exact) mass is 355 g/mol. The standard InChI is InChI=1S/C20H22FN3O2/c1-15-2-4-16(5-3-15)20(26)24-12-10-23(11-13-24)14-19(25)22-18-8-6-17(21)7-9-18/h2-9H,10-14H2,1H3,(H,22,25). The SMILES string of the molecule is Cc1ccc(C(=O)N2CCN(CC(=O)Nc3ccc(F)cc3)CC2)cc1. The molecule has 2 aromatic rings. The van der Waals surface area contributed by atoms with Gasteiger partial charge in [0.05, 0.1) is 6.54 Å². The second-order valence-electron chi connectivity index (χ2n) is 6.49. The number of hydrogen-bond donors (Lipinski definition) is 1. The fourth-order valence-corrected chi connectivity index (χ4v) is 2.92. The van der Waals surface area contributed by atoms with Crippen molar-refractivity contribution in [1.29, 1.82) is 0 Å². The first-order valence-corrected chi connectivity index (χ1v) is 8.65. The van der Waals surface area contributed by atoms with Gasteiger partial charge in [-0.3, -0.25) is 14.5 Å². The minimum Gasteiger partial charge on any atom is -0.336 e. The van der Waals surface area contributed by atoms with Gasteiger partial charge in [0.1, 0.15) is 5.82 Å². The summed E-state index contributed by atoms with van der Waals surface area (Å²) in [5, 5.41) is 2.75. The van der Waals surface area contributed by atoms with Gasteiger partial charge in [0.15, 0.2) is 0 Å². The highest BCUT2D eigenvalue weighted by Crippen LogP contribution is 2.11. The number of amides is 2. The topological polar surface area (TPSA) is 52.7 Å². The van der Waals surface area contributed by atoms with Crippen molar-refractivity contribution < 1.29 is 14.0 Å². The van der Waals surface area contributed by atoms with Crippen LogP contribution in [0.3, 0.4) is 0 Å². The average Bonchev–Trinajstić information content (AvgIpc) is 2.64. The van der Waals surface area contributed by atoms with Gasteiger partial charge in [-0.25, -0.2) is 4.39 Å². The summed E-state index contributed by atoms with van der Waals surface area (Å²) in [4.78, 5) is 28.4. The number of nitrogens with one attached hydrogen (secondary N) is 1. The van der Waals surface area contributed by atoms with E-state index in [1.165, 1.54) is 24.3 Å². The molecule has 1 fully saturated rings. The number of aryl methyl sites for hydroxylation is 1. The zero-order valence-electron chi connectivity index (χ0n) is 14.7. The smallest absolute Gasteiger partial charge is 0.253 e. The molecule has 0 unspecified atom stereocenters. The molecule has 1 saturated heterocycles. The summed E-state index contributed by atoms with van der Waals surface area (Å²) < 4.78 is 12.9. The molecule has 1 heterocycles. The third-order valence-corrected chi connectivity index (χ3v) is 4.45. The molecule has 26 heavy (non-hydrogen) atoms. The maximum atomic E-state index is 12.9. The maximum absolute atomic E-state index is 12.9. The number of carbonyl (C=O) groups is 2. The van der Waals surface area contributed by atoms with Gasteiger partial charge in [-0.1, -0.05) is 17.7 Å². The van der Waals surface area contributed by atoms with E-state index in [1.807, 2.05) is 41.0 Å². The molecular formula is C20H22FN3O2. The predicted molar refractivity (Wildman–Crippen MR) is 98.6 cm³/mol. The van der Waals surface area contributed by atoms with Crippen molar-refractivity contribution in [3.05, 3.63) is 65.5 Å². The predicted octanol–water partition coefficient (Wildman–Crippen LogP) is 2.53. The van der Waals surface area contributed by atoms with Crippen LogP contribution < -0.4 is 5.32 Å². The average molecular weight is 355 g/mol. The number of benzene rings is 2. The van der Waals surface area contributed by atoms with E-state index >= 15 is 0 Å². The molecule has 0 aliphatic carbocycles. The number of anilines is 1. The molecule has 0 aromatic heterocycles. The van der Waals surface area contributed by atoms with Crippen molar-refractivity contribution in [1.82, 2.24) is 9.80 Å². The summed E-state index contributed by atoms with van der Waals surface area (Å²) in [6, 6.07) is 13.2. The maximum Gasteiger partial charge on any atom is 0.253 e. The summed E-state index contributed by atoms with van der Waals surface area (Å²) in [6.45, 7) is 4.73. The lowest BCUT2D eigenvalue weighted by molar-refractivity contribution is -0.117. The minimum atomic E-state index is -0.336. The fraction of sp³-hybridized carbons (Fsp3) is 0.300. The van der Waals surface area contributed by atoms with Crippen molar-refractivity contribution in [3.8, 4) is 0 Å². The number of hydrogen-bond acceptors (Lipinski definition) is 3. The van der Waals surface area contributed by atoms with Gasteiger partial charge in [0, 0.05) is 37.4 Å². The molecule has 0 bridgehead atoms. The molecule has 1 N–H and O–H groups in total. The Bertz CT molecular complexity index is 767. The molecule has 3 rings (SSSR count). The first kappa shape index (κ1) is 18.1. The van der Waals surface area contributed by atoms with E-state index in [-0.39, 0.29) is 24.2 Å². The third-order valence-electron chi connectivity index (χ3n) is 4.45. The van der Waals surface area contributed by atoms with E-state index in [9.17, 15) is 14.0 Å². The Morgan fingerprint density at radius 2 is 1.58 bits per heavy atom. The van der Waals surface area contributed by atoms with Crippen LogP contribution in [-0.2, 0) is 4.79 Å². The molecular weight excluding hydrogens is 333 g/mol. The van der Waals surface area contributed by atoms with Gasteiger partial charge in [0.25, 0.3) is 5.91 Å². The van der Waals surface area contributed by atoms with Crippen LogP contribution in [0.2, 0.25) is 0 Å². The number of rotatable bonds is 4. The van der Waals surface area contributed by atoms with Crippen molar-refractivity contribution >= 4 is 17.5 Å². The molecule has 1 aliphatic rings. The van der Waals surface area contributed by atoms with Crippen LogP contribution in [0.25, 0.3) is 0 Å². The van der Waals surface area contributed by atoms with Gasteiger partial charge in [-0.05, 0) is 43.3 Å². The van der Waals surface area contributed by atoms with Crippen molar-refractivity contribution in [2.45, 2.75) is 6.92 Å². The molecule has 0 saturated carbocycles. The largest absolute Gasteiger partial charge is 0.336 e. The number of halogens is 1. The first-order chi connectivity index (χ1) is 12.5. The van der Waals surface area contributed by atoms with Crippen molar-refractivity contribution in [3.63, 3.8) is 0 Å². The van der Waals surface area contributed by atoms with Crippen LogP contribution >= 0.6 is 0 Å². The number of piperazine rings is 1. The molecule has 5 nitrogen and oxygen atoms in total. The second kappa shape index (κ2) is 8.10. The lowest BCUT2D eigenvalue weighted by Gasteiger charge is -2.34. The summed E-state index contributed by atoms with van der Waals surface area (Å²) in [6.07, 6.45) is 0. The Hall–Kier alpha value is -2.73. The molecule has 2 aromatic carbocycles. The quantitative estimate of drug-likeness (QED) is 0.917. The second-order valence-corrected chi connectivity index (χ2v) is 6.49.